The van der Waals surface area contributed by atoms with Gasteiger partial charge >= 0.3 is 11.9 Å². The van der Waals surface area contributed by atoms with Gasteiger partial charge in [-0.25, -0.2) is 0 Å². The normalized spacial score (nSPS) is 12.5. The van der Waals surface area contributed by atoms with Gasteiger partial charge in [0.15, 0.2) is 22.8 Å². The lowest BCUT2D eigenvalue weighted by Crippen LogP contribution is -2.15. The molecule has 0 unspecified atom stereocenters. The van der Waals surface area contributed by atoms with E-state index in [0.29, 0.717) is 41.6 Å². The molecule has 0 saturated carbocycles. The molecule has 0 N–H and O–H groups in total. The van der Waals surface area contributed by atoms with E-state index in [2.05, 4.69) is 0 Å². The zero-order valence-electron chi connectivity index (χ0n) is 16.6. The summed E-state index contributed by atoms with van der Waals surface area (Å²) in [6.07, 6.45) is 0. The fourth-order valence-electron chi connectivity index (χ4n) is 3.33. The van der Waals surface area contributed by atoms with Crippen LogP contribution >= 0.6 is 0 Å². The number of carbonyl (C=O) groups is 2. The Morgan fingerprint density at radius 2 is 1.63 bits per heavy atom. The van der Waals surface area contributed by atoms with Crippen molar-refractivity contribution in [2.45, 2.75) is 20.8 Å². The first kappa shape index (κ1) is 19.5. The molecule has 0 amide bonds. The second-order valence-corrected chi connectivity index (χ2v) is 6.68. The van der Waals surface area contributed by atoms with Gasteiger partial charge in [0.05, 0.1) is 10.9 Å². The summed E-state index contributed by atoms with van der Waals surface area (Å²) in [5, 5.41) is 0.178. The number of carbonyl (C=O) groups excluding carboxylic acids is 2. The lowest BCUT2D eigenvalue weighted by atomic mass is 10.0. The Balaban J connectivity index is 1.93. The van der Waals surface area contributed by atoms with E-state index in [1.165, 1.54) is 26.0 Å². The highest BCUT2D eigenvalue weighted by atomic mass is 16.6. The zero-order chi connectivity index (χ0) is 21.4. The van der Waals surface area contributed by atoms with Crippen molar-refractivity contribution in [2.75, 3.05) is 13.2 Å². The van der Waals surface area contributed by atoms with Crippen molar-refractivity contribution in [3.8, 4) is 34.1 Å². The first-order valence-corrected chi connectivity index (χ1v) is 9.22. The maximum absolute atomic E-state index is 13.3. The summed E-state index contributed by atoms with van der Waals surface area (Å²) in [7, 11) is 0. The van der Waals surface area contributed by atoms with Gasteiger partial charge in [-0.3, -0.25) is 14.4 Å². The number of benzene rings is 2. The summed E-state index contributed by atoms with van der Waals surface area (Å²) in [4.78, 5) is 36.3. The van der Waals surface area contributed by atoms with Crippen molar-refractivity contribution < 1.29 is 33.0 Å². The predicted octanol–water partition coefficient (Wildman–Crippen LogP) is 3.39. The molecule has 8 heteroatoms. The molecule has 1 aliphatic rings. The number of esters is 2. The Morgan fingerprint density at radius 1 is 0.933 bits per heavy atom. The van der Waals surface area contributed by atoms with E-state index in [9.17, 15) is 14.4 Å². The SMILES string of the molecule is CC(=O)Oc1ccc2c(=O)c(-c3ccc4c(c3)OCCO4)c(C)oc2c1OC(C)=O. The fourth-order valence-corrected chi connectivity index (χ4v) is 3.33. The Bertz CT molecular complexity index is 1240. The summed E-state index contributed by atoms with van der Waals surface area (Å²) in [6, 6.07) is 8.06. The number of ether oxygens (including phenoxy) is 4. The molecule has 1 aliphatic heterocycles. The molecule has 1 aromatic heterocycles. The van der Waals surface area contributed by atoms with Gasteiger partial charge in [0, 0.05) is 13.8 Å². The van der Waals surface area contributed by atoms with Crippen LogP contribution < -0.4 is 24.4 Å². The minimum absolute atomic E-state index is 0.0140. The van der Waals surface area contributed by atoms with Crippen LogP contribution in [-0.4, -0.2) is 25.2 Å². The van der Waals surface area contributed by atoms with Gasteiger partial charge in [0.1, 0.15) is 19.0 Å². The van der Waals surface area contributed by atoms with E-state index in [1.54, 1.807) is 25.1 Å². The number of hydrogen-bond donors (Lipinski definition) is 0. The molecular formula is C22H18O8. The van der Waals surface area contributed by atoms with Crippen LogP contribution in [0.2, 0.25) is 0 Å². The largest absolute Gasteiger partial charge is 0.486 e. The third-order valence-electron chi connectivity index (χ3n) is 4.49. The van der Waals surface area contributed by atoms with E-state index in [1.807, 2.05) is 0 Å². The average Bonchev–Trinajstić information content (AvgIpc) is 2.69. The van der Waals surface area contributed by atoms with Crippen LogP contribution in [0.15, 0.2) is 39.5 Å². The standard InChI is InChI=1S/C22H18O8/c1-11-19(14-4-6-16-18(10-14)27-9-8-26-16)20(25)15-5-7-17(29-12(2)23)22(21(15)28-11)30-13(3)24/h4-7,10H,8-9H2,1-3H3. The molecular weight excluding hydrogens is 392 g/mol. The Kier molecular flexibility index (Phi) is 4.91. The third kappa shape index (κ3) is 3.47. The molecule has 0 aliphatic carbocycles. The lowest BCUT2D eigenvalue weighted by Gasteiger charge is -2.19. The molecule has 0 spiro atoms. The van der Waals surface area contributed by atoms with Crippen LogP contribution in [-0.2, 0) is 9.59 Å². The highest BCUT2D eigenvalue weighted by Crippen LogP contribution is 2.39. The number of aryl methyl sites for hydroxylation is 1. The first-order valence-electron chi connectivity index (χ1n) is 9.22. The molecule has 4 rings (SSSR count). The van der Waals surface area contributed by atoms with Crippen LogP contribution in [0.5, 0.6) is 23.0 Å². The summed E-state index contributed by atoms with van der Waals surface area (Å²) >= 11 is 0. The highest BCUT2D eigenvalue weighted by molar-refractivity contribution is 5.91. The second-order valence-electron chi connectivity index (χ2n) is 6.68. The molecule has 3 aromatic rings. The Labute approximate surface area is 170 Å². The van der Waals surface area contributed by atoms with E-state index in [4.69, 9.17) is 23.4 Å². The summed E-state index contributed by atoms with van der Waals surface area (Å²) in [6.45, 7) is 4.93. The molecule has 0 atom stereocenters. The van der Waals surface area contributed by atoms with Gasteiger partial charge in [-0.05, 0) is 36.8 Å². The predicted molar refractivity (Wildman–Crippen MR) is 106 cm³/mol. The van der Waals surface area contributed by atoms with Crippen molar-refractivity contribution >= 4 is 22.9 Å². The van der Waals surface area contributed by atoms with Crippen molar-refractivity contribution in [3.63, 3.8) is 0 Å². The number of rotatable bonds is 3. The monoisotopic (exact) mass is 410 g/mol. The quantitative estimate of drug-likeness (QED) is 0.478. The van der Waals surface area contributed by atoms with Crippen molar-refractivity contribution in [3.05, 3.63) is 46.3 Å². The fraction of sp³-hybridized carbons (Fsp3) is 0.227. The Hall–Kier alpha value is -3.81. The summed E-state index contributed by atoms with van der Waals surface area (Å²) in [5.41, 5.74) is 0.639. The maximum Gasteiger partial charge on any atom is 0.308 e. The highest BCUT2D eigenvalue weighted by Gasteiger charge is 2.23. The van der Waals surface area contributed by atoms with Gasteiger partial charge in [-0.1, -0.05) is 6.07 Å². The van der Waals surface area contributed by atoms with Crippen LogP contribution in [0.4, 0.5) is 0 Å². The molecule has 2 aromatic carbocycles. The first-order chi connectivity index (χ1) is 14.3. The maximum atomic E-state index is 13.3. The minimum atomic E-state index is -0.646. The van der Waals surface area contributed by atoms with E-state index in [0.717, 1.165) is 0 Å². The molecule has 0 radical (unpaired) electrons. The van der Waals surface area contributed by atoms with Crippen molar-refractivity contribution in [2.24, 2.45) is 0 Å². The van der Waals surface area contributed by atoms with Crippen LogP contribution in [0.1, 0.15) is 19.6 Å². The smallest absolute Gasteiger partial charge is 0.308 e. The van der Waals surface area contributed by atoms with E-state index >= 15 is 0 Å². The molecule has 8 nitrogen and oxygen atoms in total. The van der Waals surface area contributed by atoms with Gasteiger partial charge in [-0.2, -0.15) is 0 Å². The van der Waals surface area contributed by atoms with Gasteiger partial charge in [-0.15, -0.1) is 0 Å². The van der Waals surface area contributed by atoms with Gasteiger partial charge < -0.3 is 23.4 Å². The summed E-state index contributed by atoms with van der Waals surface area (Å²) < 4.78 is 27.3. The second kappa shape index (κ2) is 7.55. The molecule has 0 bridgehead atoms. The molecule has 2 heterocycles. The van der Waals surface area contributed by atoms with Crippen LogP contribution in [0.25, 0.3) is 22.1 Å². The average molecular weight is 410 g/mol. The van der Waals surface area contributed by atoms with Crippen molar-refractivity contribution in [1.29, 1.82) is 0 Å². The summed E-state index contributed by atoms with van der Waals surface area (Å²) in [5.74, 6) is 0.0720. The van der Waals surface area contributed by atoms with Gasteiger partial charge in [0.2, 0.25) is 11.2 Å². The van der Waals surface area contributed by atoms with Gasteiger partial charge in [0.25, 0.3) is 0 Å². The minimum Gasteiger partial charge on any atom is -0.486 e. The number of fused-ring (bicyclic) bond motifs is 2. The topological polar surface area (TPSA) is 101 Å². The Morgan fingerprint density at radius 3 is 2.33 bits per heavy atom. The van der Waals surface area contributed by atoms with E-state index in [-0.39, 0.29) is 27.9 Å². The third-order valence-corrected chi connectivity index (χ3v) is 4.49. The molecule has 154 valence electrons. The van der Waals surface area contributed by atoms with Crippen LogP contribution in [0, 0.1) is 6.92 Å². The lowest BCUT2D eigenvalue weighted by molar-refractivity contribution is -0.134. The number of hydrogen-bond acceptors (Lipinski definition) is 8. The van der Waals surface area contributed by atoms with Crippen molar-refractivity contribution in [1.82, 2.24) is 0 Å². The van der Waals surface area contributed by atoms with E-state index < -0.39 is 11.9 Å². The molecule has 0 saturated heterocycles. The molecule has 30 heavy (non-hydrogen) atoms. The molecule has 0 fully saturated rings. The zero-order valence-corrected chi connectivity index (χ0v) is 16.6. The van der Waals surface area contributed by atoms with Crippen LogP contribution in [0.3, 0.4) is 0 Å².